The number of unbranched alkanes of at least 4 members (excludes halogenated alkanes) is 2. The van der Waals surface area contributed by atoms with E-state index >= 15 is 0 Å². The normalized spacial score (nSPS) is 16.3. The van der Waals surface area contributed by atoms with Crippen molar-refractivity contribution in [3.8, 4) is 22.8 Å². The number of halogens is 2. The Hall–Kier alpha value is -5.67. The van der Waals surface area contributed by atoms with Gasteiger partial charge in [0, 0.05) is 55.7 Å². The summed E-state index contributed by atoms with van der Waals surface area (Å²) in [6, 6.07) is 19.3. The minimum absolute atomic E-state index is 0.0600. The predicted molar refractivity (Wildman–Crippen MR) is 219 cm³/mol. The Bertz CT molecular complexity index is 2140. The zero-order chi connectivity index (χ0) is 42.2. The van der Waals surface area contributed by atoms with E-state index in [0.717, 1.165) is 55.5 Å². The molecule has 59 heavy (non-hydrogen) atoms. The first-order valence-electron chi connectivity index (χ1n) is 20.1. The zero-order valence-electron chi connectivity index (χ0n) is 33.9. The zero-order valence-corrected chi connectivity index (χ0v) is 33.9. The number of pyridine rings is 1. The summed E-state index contributed by atoms with van der Waals surface area (Å²) in [6.07, 6.45) is 2.34. The predicted octanol–water partition coefficient (Wildman–Crippen LogP) is 6.64. The van der Waals surface area contributed by atoms with Gasteiger partial charge in [-0.2, -0.15) is 0 Å². The van der Waals surface area contributed by atoms with Crippen molar-refractivity contribution in [2.45, 2.75) is 83.5 Å². The largest absolute Gasteiger partial charge is 0.586 e. The third kappa shape index (κ3) is 10.7. The first-order valence-corrected chi connectivity index (χ1v) is 20.1. The van der Waals surface area contributed by atoms with Gasteiger partial charge in [-0.15, -0.1) is 8.78 Å². The topological polar surface area (TPSA) is 155 Å². The lowest BCUT2D eigenvalue weighted by molar-refractivity contribution is -0.286. The Labute approximate surface area is 342 Å². The molecule has 2 fully saturated rings. The van der Waals surface area contributed by atoms with Gasteiger partial charge in [0.05, 0.1) is 17.7 Å². The molecule has 0 bridgehead atoms. The highest BCUT2D eigenvalue weighted by molar-refractivity contribution is 6.01. The Morgan fingerprint density at radius 1 is 0.949 bits per heavy atom. The SMILES string of the molecule is CC(C)N1CCN(c2ccc(CCC=O)o2)C(=O)C1.CNCCCCCNC(=O)c1cccc(-c2nc(NC(=O)C3(c4ccc5c(c4)OC(F)(F)O5)CC3)ccc2C)c1. The first kappa shape index (κ1) is 42.9. The van der Waals surface area contributed by atoms with Crippen LogP contribution in [0, 0.1) is 6.92 Å². The number of rotatable bonds is 16. The number of hydrogen-bond donors (Lipinski definition) is 3. The number of hydrogen-bond acceptors (Lipinski definition) is 10. The Kier molecular flexibility index (Phi) is 13.8. The fourth-order valence-corrected chi connectivity index (χ4v) is 7.07. The van der Waals surface area contributed by atoms with Crippen molar-refractivity contribution < 1.29 is 41.8 Å². The number of nitrogens with one attached hydrogen (secondary N) is 3. The molecule has 3 aliphatic rings. The number of piperazine rings is 1. The van der Waals surface area contributed by atoms with Crippen LogP contribution in [0.1, 0.15) is 79.6 Å². The number of fused-ring (bicyclic) bond motifs is 1. The van der Waals surface area contributed by atoms with Crippen LogP contribution in [0.5, 0.6) is 11.5 Å². The van der Waals surface area contributed by atoms with Gasteiger partial charge >= 0.3 is 6.29 Å². The van der Waals surface area contributed by atoms with Crippen molar-refractivity contribution in [3.63, 3.8) is 0 Å². The number of carbonyl (C=O) groups excluding carboxylic acids is 4. The lowest BCUT2D eigenvalue weighted by Gasteiger charge is -2.35. The fourth-order valence-electron chi connectivity index (χ4n) is 7.07. The Morgan fingerprint density at radius 3 is 2.46 bits per heavy atom. The van der Waals surface area contributed by atoms with E-state index in [1.807, 2.05) is 44.3 Å². The summed E-state index contributed by atoms with van der Waals surface area (Å²) in [4.78, 5) is 57.0. The summed E-state index contributed by atoms with van der Waals surface area (Å²) in [5.74, 6) is 1.20. The number of alkyl halides is 2. The number of aromatic nitrogens is 1. The lowest BCUT2D eigenvalue weighted by Crippen LogP contribution is -2.52. The molecule has 1 aliphatic carbocycles. The Balaban J connectivity index is 0.000000257. The van der Waals surface area contributed by atoms with Gasteiger partial charge in [-0.05, 0) is 108 Å². The Morgan fingerprint density at radius 2 is 1.73 bits per heavy atom. The quantitative estimate of drug-likeness (QED) is 0.0829. The van der Waals surface area contributed by atoms with Crippen LogP contribution < -0.4 is 30.3 Å². The summed E-state index contributed by atoms with van der Waals surface area (Å²) in [6.45, 7) is 9.60. The highest BCUT2D eigenvalue weighted by Gasteiger charge is 2.53. The number of aldehydes is 1. The fraction of sp³-hybridized carbons (Fsp3) is 0.432. The van der Waals surface area contributed by atoms with E-state index in [1.54, 1.807) is 29.2 Å². The second-order valence-corrected chi connectivity index (χ2v) is 15.3. The molecule has 2 aromatic heterocycles. The number of furan rings is 1. The van der Waals surface area contributed by atoms with Gasteiger partial charge in [0.2, 0.25) is 17.7 Å². The smallest absolute Gasteiger partial charge is 0.445 e. The van der Waals surface area contributed by atoms with Gasteiger partial charge in [-0.25, -0.2) is 4.98 Å². The van der Waals surface area contributed by atoms with Gasteiger partial charge < -0.3 is 34.6 Å². The molecule has 0 radical (unpaired) electrons. The van der Waals surface area contributed by atoms with Gasteiger partial charge in [0.25, 0.3) is 5.91 Å². The van der Waals surface area contributed by atoms with Gasteiger partial charge in [0.1, 0.15) is 17.9 Å². The molecule has 1 saturated heterocycles. The maximum Gasteiger partial charge on any atom is 0.586 e. The summed E-state index contributed by atoms with van der Waals surface area (Å²) in [5.41, 5.74) is 2.56. The highest BCUT2D eigenvalue weighted by atomic mass is 19.3. The second-order valence-electron chi connectivity index (χ2n) is 15.3. The first-order chi connectivity index (χ1) is 28.3. The van der Waals surface area contributed by atoms with Crippen molar-refractivity contribution in [1.29, 1.82) is 0 Å². The minimum atomic E-state index is -3.72. The van der Waals surface area contributed by atoms with Crippen LogP contribution in [0.15, 0.2) is 71.1 Å². The maximum atomic E-state index is 13.5. The van der Waals surface area contributed by atoms with E-state index in [1.165, 1.54) is 12.1 Å². The molecule has 4 aromatic rings. The van der Waals surface area contributed by atoms with Crippen LogP contribution in [0.25, 0.3) is 11.3 Å². The van der Waals surface area contributed by atoms with E-state index in [-0.39, 0.29) is 29.2 Å². The molecule has 314 valence electrons. The van der Waals surface area contributed by atoms with E-state index in [2.05, 4.69) is 49.2 Å². The van der Waals surface area contributed by atoms with Crippen LogP contribution in [0.4, 0.5) is 20.5 Å². The number of aryl methyl sites for hydroxylation is 2. The summed E-state index contributed by atoms with van der Waals surface area (Å²) in [5, 5.41) is 8.98. The number of amides is 3. The number of nitrogens with zero attached hydrogens (tertiary/aromatic N) is 3. The molecule has 4 heterocycles. The van der Waals surface area contributed by atoms with Crippen LogP contribution in [0.3, 0.4) is 0 Å². The molecule has 0 unspecified atom stereocenters. The van der Waals surface area contributed by atoms with E-state index in [9.17, 15) is 28.0 Å². The molecule has 3 N–H and O–H groups in total. The molecule has 2 aromatic carbocycles. The minimum Gasteiger partial charge on any atom is -0.445 e. The lowest BCUT2D eigenvalue weighted by atomic mass is 9.94. The molecule has 1 saturated carbocycles. The number of benzene rings is 2. The van der Waals surface area contributed by atoms with Crippen LogP contribution in [0.2, 0.25) is 0 Å². The second kappa shape index (κ2) is 18.9. The number of carbonyl (C=O) groups is 4. The molecule has 0 atom stereocenters. The van der Waals surface area contributed by atoms with Crippen molar-refractivity contribution in [2.75, 3.05) is 50.0 Å². The molecule has 7 rings (SSSR count). The number of anilines is 2. The summed E-state index contributed by atoms with van der Waals surface area (Å²) >= 11 is 0. The van der Waals surface area contributed by atoms with Crippen molar-refractivity contribution >= 4 is 35.7 Å². The summed E-state index contributed by atoms with van der Waals surface area (Å²) in [7, 11) is 1.92. The summed E-state index contributed by atoms with van der Waals surface area (Å²) < 4.78 is 41.6. The third-order valence-electron chi connectivity index (χ3n) is 10.7. The van der Waals surface area contributed by atoms with Gasteiger partial charge in [-0.3, -0.25) is 24.2 Å². The highest BCUT2D eigenvalue weighted by Crippen LogP contribution is 2.52. The van der Waals surface area contributed by atoms with Crippen LogP contribution in [-0.4, -0.2) is 86.0 Å². The van der Waals surface area contributed by atoms with E-state index in [4.69, 9.17) is 4.42 Å². The number of ether oxygens (including phenoxy) is 2. The van der Waals surface area contributed by atoms with E-state index in [0.29, 0.717) is 79.9 Å². The average molecular weight is 815 g/mol. The van der Waals surface area contributed by atoms with Crippen LogP contribution in [-0.2, 0) is 26.2 Å². The van der Waals surface area contributed by atoms with E-state index < -0.39 is 11.7 Å². The average Bonchev–Trinajstić information content (AvgIpc) is 3.79. The standard InChI is InChI=1S/C30H32F2N4O4.C14H20N2O3/c1-19-9-12-25(35-26(19)20-7-6-8-21(17-20)27(37)34-16-5-3-4-15-33-2)36-28(38)29(13-14-29)22-10-11-23-24(18-22)40-30(31,32)39-23;1-11(2)15-7-8-16(13(18)10-15)14-6-5-12(19-14)4-3-9-17/h6-12,17-18,33H,3-5,13-16H2,1-2H3,(H,34,37)(H,35,36,38);5-6,9,11H,3-4,7-8,10H2,1-2H3. The van der Waals surface area contributed by atoms with Crippen LogP contribution >= 0.6 is 0 Å². The van der Waals surface area contributed by atoms with Gasteiger partial charge in [-0.1, -0.05) is 30.7 Å². The molecule has 13 nitrogen and oxygen atoms in total. The molecule has 0 spiro atoms. The third-order valence-corrected chi connectivity index (χ3v) is 10.7. The molecule has 15 heteroatoms. The maximum absolute atomic E-state index is 13.5. The molecular weight excluding hydrogens is 763 g/mol. The molecule has 3 amide bonds. The molecular formula is C44H52F2N6O7. The van der Waals surface area contributed by atoms with Crippen molar-refractivity contribution in [1.82, 2.24) is 20.5 Å². The van der Waals surface area contributed by atoms with Crippen molar-refractivity contribution in [2.24, 2.45) is 0 Å². The monoisotopic (exact) mass is 814 g/mol. The molecule has 2 aliphatic heterocycles. The van der Waals surface area contributed by atoms with Gasteiger partial charge in [0.15, 0.2) is 11.5 Å². The van der Waals surface area contributed by atoms with Crippen molar-refractivity contribution in [3.05, 3.63) is 89.2 Å².